The molecule has 3 nitrogen and oxygen atoms in total. The maximum absolute atomic E-state index is 6.10. The highest BCUT2D eigenvalue weighted by Gasteiger charge is 2.07. The first-order valence-electron chi connectivity index (χ1n) is 5.03. The van der Waals surface area contributed by atoms with Crippen LogP contribution in [0.15, 0.2) is 42.9 Å². The number of hydrogen-bond donors (Lipinski definition) is 1. The minimum atomic E-state index is -0.0413. The summed E-state index contributed by atoms with van der Waals surface area (Å²) in [6.45, 7) is 1.94. The molecule has 2 aromatic rings. The van der Waals surface area contributed by atoms with Gasteiger partial charge in [0, 0.05) is 18.1 Å². The van der Waals surface area contributed by atoms with E-state index in [0.29, 0.717) is 5.82 Å². The summed E-state index contributed by atoms with van der Waals surface area (Å²) in [6, 6.07) is 7.90. The van der Waals surface area contributed by atoms with E-state index in [1.165, 1.54) is 0 Å². The van der Waals surface area contributed by atoms with Crippen molar-refractivity contribution in [3.05, 3.63) is 48.4 Å². The fourth-order valence-corrected chi connectivity index (χ4v) is 1.65. The van der Waals surface area contributed by atoms with Gasteiger partial charge in [0.2, 0.25) is 0 Å². The maximum atomic E-state index is 6.10. The molecule has 0 aliphatic carbocycles. The fourth-order valence-electron chi connectivity index (χ4n) is 1.46. The Labute approximate surface area is 99.5 Å². The smallest absolute Gasteiger partial charge is 0.148 e. The van der Waals surface area contributed by atoms with Gasteiger partial charge in [-0.15, -0.1) is 11.6 Å². The summed E-state index contributed by atoms with van der Waals surface area (Å²) >= 11 is 6.10. The van der Waals surface area contributed by atoms with Gasteiger partial charge in [-0.25, -0.2) is 4.98 Å². The molecule has 0 bridgehead atoms. The Morgan fingerprint density at radius 1 is 1.25 bits per heavy atom. The summed E-state index contributed by atoms with van der Waals surface area (Å²) in [4.78, 5) is 8.16. The molecule has 1 heterocycles. The summed E-state index contributed by atoms with van der Waals surface area (Å²) in [5.74, 6) is 0.715. The predicted molar refractivity (Wildman–Crippen MR) is 66.0 cm³/mol. The van der Waals surface area contributed by atoms with Gasteiger partial charge < -0.3 is 5.32 Å². The van der Waals surface area contributed by atoms with Gasteiger partial charge in [0.1, 0.15) is 5.82 Å². The van der Waals surface area contributed by atoms with Crippen LogP contribution < -0.4 is 5.32 Å². The molecular weight excluding hydrogens is 222 g/mol. The van der Waals surface area contributed by atoms with Crippen LogP contribution in [0.25, 0.3) is 0 Å². The molecule has 0 radical (unpaired) electrons. The lowest BCUT2D eigenvalue weighted by molar-refractivity contribution is 1.08. The van der Waals surface area contributed by atoms with Gasteiger partial charge in [-0.05, 0) is 18.6 Å². The van der Waals surface area contributed by atoms with E-state index in [9.17, 15) is 0 Å². The van der Waals surface area contributed by atoms with Crippen molar-refractivity contribution in [2.45, 2.75) is 12.3 Å². The molecule has 0 aliphatic rings. The van der Waals surface area contributed by atoms with E-state index in [1.807, 2.05) is 31.2 Å². The van der Waals surface area contributed by atoms with Crippen molar-refractivity contribution in [3.63, 3.8) is 0 Å². The van der Waals surface area contributed by atoms with E-state index in [2.05, 4.69) is 15.3 Å². The number of benzene rings is 1. The second-order valence-corrected chi connectivity index (χ2v) is 4.07. The number of anilines is 2. The number of para-hydroxylation sites is 1. The largest absolute Gasteiger partial charge is 0.339 e. The van der Waals surface area contributed by atoms with Gasteiger partial charge in [0.15, 0.2) is 0 Å². The molecule has 2 rings (SSSR count). The minimum Gasteiger partial charge on any atom is -0.339 e. The number of nitrogens with one attached hydrogen (secondary N) is 1. The van der Waals surface area contributed by atoms with Crippen LogP contribution in [-0.2, 0) is 0 Å². The van der Waals surface area contributed by atoms with Crippen molar-refractivity contribution < 1.29 is 0 Å². The third-order valence-electron chi connectivity index (χ3n) is 2.22. The molecule has 1 N–H and O–H groups in total. The van der Waals surface area contributed by atoms with Crippen molar-refractivity contribution in [1.29, 1.82) is 0 Å². The molecule has 16 heavy (non-hydrogen) atoms. The van der Waals surface area contributed by atoms with E-state index in [4.69, 9.17) is 11.6 Å². The highest BCUT2D eigenvalue weighted by Crippen LogP contribution is 2.28. The van der Waals surface area contributed by atoms with Crippen molar-refractivity contribution in [2.24, 2.45) is 0 Å². The Morgan fingerprint density at radius 3 is 2.75 bits per heavy atom. The van der Waals surface area contributed by atoms with Gasteiger partial charge in [-0.3, -0.25) is 4.98 Å². The van der Waals surface area contributed by atoms with Crippen molar-refractivity contribution in [2.75, 3.05) is 5.32 Å². The monoisotopic (exact) mass is 233 g/mol. The van der Waals surface area contributed by atoms with Crippen LogP contribution in [0.2, 0.25) is 0 Å². The molecular formula is C12H12ClN3. The first-order chi connectivity index (χ1) is 7.77. The lowest BCUT2D eigenvalue weighted by atomic mass is 10.1. The van der Waals surface area contributed by atoms with Crippen molar-refractivity contribution >= 4 is 23.1 Å². The number of hydrogen-bond acceptors (Lipinski definition) is 3. The number of nitrogens with zero attached hydrogens (tertiary/aromatic N) is 2. The topological polar surface area (TPSA) is 37.8 Å². The molecule has 4 heteroatoms. The molecule has 0 aliphatic heterocycles. The molecule has 0 fully saturated rings. The first-order valence-corrected chi connectivity index (χ1v) is 5.47. The van der Waals surface area contributed by atoms with E-state index in [-0.39, 0.29) is 5.38 Å². The van der Waals surface area contributed by atoms with Crippen LogP contribution in [0, 0.1) is 0 Å². The van der Waals surface area contributed by atoms with Crippen LogP contribution in [0.1, 0.15) is 17.9 Å². The second kappa shape index (κ2) is 4.94. The van der Waals surface area contributed by atoms with E-state index in [0.717, 1.165) is 11.3 Å². The Balaban J connectivity index is 2.28. The van der Waals surface area contributed by atoms with Crippen molar-refractivity contribution in [1.82, 2.24) is 9.97 Å². The van der Waals surface area contributed by atoms with Gasteiger partial charge in [0.25, 0.3) is 0 Å². The molecule has 1 atom stereocenters. The Hall–Kier alpha value is -1.61. The van der Waals surface area contributed by atoms with E-state index in [1.54, 1.807) is 18.6 Å². The minimum absolute atomic E-state index is 0.0413. The molecule has 1 unspecified atom stereocenters. The number of alkyl halides is 1. The number of halogens is 1. The standard InChI is InChI=1S/C12H12ClN3/c1-9(13)10-4-2-3-5-11(10)16-12-8-14-6-7-15-12/h2-9H,1H3,(H,15,16). The molecule has 0 saturated heterocycles. The van der Waals surface area contributed by atoms with Gasteiger partial charge in [-0.2, -0.15) is 0 Å². The normalized spacial score (nSPS) is 12.1. The van der Waals surface area contributed by atoms with Crippen molar-refractivity contribution in [3.8, 4) is 0 Å². The van der Waals surface area contributed by atoms with Gasteiger partial charge in [-0.1, -0.05) is 18.2 Å². The van der Waals surface area contributed by atoms with E-state index < -0.39 is 0 Å². The fraction of sp³-hybridized carbons (Fsp3) is 0.167. The summed E-state index contributed by atoms with van der Waals surface area (Å²) in [6.07, 6.45) is 4.96. The number of rotatable bonds is 3. The van der Waals surface area contributed by atoms with Crippen LogP contribution in [-0.4, -0.2) is 9.97 Å². The first kappa shape index (κ1) is 10.9. The Kier molecular flexibility index (Phi) is 3.37. The summed E-state index contributed by atoms with van der Waals surface area (Å²) in [5, 5.41) is 3.15. The number of aromatic nitrogens is 2. The lowest BCUT2D eigenvalue weighted by Gasteiger charge is -2.12. The average molecular weight is 234 g/mol. The highest BCUT2D eigenvalue weighted by molar-refractivity contribution is 6.21. The molecule has 0 amide bonds. The molecule has 0 saturated carbocycles. The third kappa shape index (κ3) is 2.49. The molecule has 0 spiro atoms. The lowest BCUT2D eigenvalue weighted by Crippen LogP contribution is -1.98. The quantitative estimate of drug-likeness (QED) is 0.825. The average Bonchev–Trinajstić information content (AvgIpc) is 2.31. The third-order valence-corrected chi connectivity index (χ3v) is 2.45. The van der Waals surface area contributed by atoms with Crippen LogP contribution in [0.5, 0.6) is 0 Å². The summed E-state index contributed by atoms with van der Waals surface area (Å²) in [7, 11) is 0. The molecule has 82 valence electrons. The zero-order chi connectivity index (χ0) is 11.4. The summed E-state index contributed by atoms with van der Waals surface area (Å²) in [5.41, 5.74) is 2.01. The zero-order valence-electron chi connectivity index (χ0n) is 8.89. The van der Waals surface area contributed by atoms with Crippen LogP contribution in [0.3, 0.4) is 0 Å². The SMILES string of the molecule is CC(Cl)c1ccccc1Nc1cnccn1. The highest BCUT2D eigenvalue weighted by atomic mass is 35.5. The maximum Gasteiger partial charge on any atom is 0.148 e. The Morgan fingerprint density at radius 2 is 2.06 bits per heavy atom. The summed E-state index contributed by atoms with van der Waals surface area (Å²) < 4.78 is 0. The van der Waals surface area contributed by atoms with Gasteiger partial charge >= 0.3 is 0 Å². The Bertz CT molecular complexity index is 457. The molecule has 1 aromatic heterocycles. The van der Waals surface area contributed by atoms with Gasteiger partial charge in [0.05, 0.1) is 11.6 Å². The van der Waals surface area contributed by atoms with E-state index >= 15 is 0 Å². The second-order valence-electron chi connectivity index (χ2n) is 3.42. The molecule has 1 aromatic carbocycles. The van der Waals surface area contributed by atoms with Crippen LogP contribution in [0.4, 0.5) is 11.5 Å². The predicted octanol–water partition coefficient (Wildman–Crippen LogP) is 3.52. The van der Waals surface area contributed by atoms with Crippen LogP contribution >= 0.6 is 11.6 Å². The zero-order valence-corrected chi connectivity index (χ0v) is 9.65.